The van der Waals surface area contributed by atoms with Gasteiger partial charge in [0.15, 0.2) is 5.78 Å². The molecule has 2 N–H and O–H groups in total. The molecule has 2 heterocycles. The molecule has 0 fully saturated rings. The summed E-state index contributed by atoms with van der Waals surface area (Å²) in [6.07, 6.45) is 2.94. The molecule has 29 heavy (non-hydrogen) atoms. The molecule has 1 spiro atoms. The van der Waals surface area contributed by atoms with Gasteiger partial charge in [-0.25, -0.2) is 4.79 Å². The first-order valence-corrected chi connectivity index (χ1v) is 9.62. The Morgan fingerprint density at radius 3 is 2.83 bits per heavy atom. The van der Waals surface area contributed by atoms with E-state index in [-0.39, 0.29) is 42.4 Å². The highest BCUT2D eigenvalue weighted by Crippen LogP contribution is 2.56. The molecule has 0 saturated heterocycles. The number of hydrogen-bond donors (Lipinski definition) is 1. The highest BCUT2D eigenvalue weighted by Gasteiger charge is 2.63. The Morgan fingerprint density at radius 1 is 1.34 bits per heavy atom. The quantitative estimate of drug-likeness (QED) is 0.621. The Bertz CT molecular complexity index is 1010. The molecule has 1 amide bonds. The number of hydrogen-bond acceptors (Lipinski definition) is 6. The Morgan fingerprint density at radius 2 is 2.10 bits per heavy atom. The van der Waals surface area contributed by atoms with Crippen LogP contribution < -0.4 is 10.6 Å². The number of carbonyl (C=O) groups excluding carboxylic acids is 3. The second-order valence-corrected chi connectivity index (χ2v) is 7.11. The van der Waals surface area contributed by atoms with Crippen LogP contribution in [-0.2, 0) is 29.3 Å². The van der Waals surface area contributed by atoms with Crippen molar-refractivity contribution >= 4 is 23.3 Å². The third-order valence-corrected chi connectivity index (χ3v) is 5.55. The van der Waals surface area contributed by atoms with E-state index in [9.17, 15) is 14.4 Å². The second-order valence-electron chi connectivity index (χ2n) is 7.11. The fourth-order valence-corrected chi connectivity index (χ4v) is 4.53. The lowest BCUT2D eigenvalue weighted by Crippen LogP contribution is -2.51. The normalized spacial score (nSPS) is 23.1. The summed E-state index contributed by atoms with van der Waals surface area (Å²) in [6, 6.07) is 7.11. The predicted molar refractivity (Wildman–Crippen MR) is 105 cm³/mol. The molecule has 1 atom stereocenters. The van der Waals surface area contributed by atoms with Gasteiger partial charge in [-0.2, -0.15) is 0 Å². The molecular formula is C22H22N2O5. The van der Waals surface area contributed by atoms with Gasteiger partial charge in [-0.15, -0.1) is 6.58 Å². The summed E-state index contributed by atoms with van der Waals surface area (Å²) in [4.78, 5) is 41.6. The van der Waals surface area contributed by atoms with Crippen LogP contribution in [0, 0.1) is 0 Å². The molecule has 0 unspecified atom stereocenters. The van der Waals surface area contributed by atoms with Crippen LogP contribution in [0.4, 0.5) is 5.69 Å². The van der Waals surface area contributed by atoms with Gasteiger partial charge >= 0.3 is 5.97 Å². The number of carbonyl (C=O) groups is 3. The Kier molecular flexibility index (Phi) is 4.53. The molecule has 1 aliphatic carbocycles. The number of para-hydroxylation sites is 1. The molecule has 0 bridgehead atoms. The average Bonchev–Trinajstić information content (AvgIpc) is 2.92. The van der Waals surface area contributed by atoms with Crippen molar-refractivity contribution in [3.05, 3.63) is 65.3 Å². The first-order chi connectivity index (χ1) is 14.0. The summed E-state index contributed by atoms with van der Waals surface area (Å²) in [5.41, 5.74) is 5.72. The van der Waals surface area contributed by atoms with E-state index in [0.717, 1.165) is 0 Å². The van der Waals surface area contributed by atoms with Crippen LogP contribution in [0.3, 0.4) is 0 Å². The smallest absolute Gasteiger partial charge is 0.341 e. The third-order valence-electron chi connectivity index (χ3n) is 5.55. The molecule has 3 aliphatic rings. The van der Waals surface area contributed by atoms with Crippen molar-refractivity contribution in [3.63, 3.8) is 0 Å². The van der Waals surface area contributed by atoms with Crippen molar-refractivity contribution in [2.45, 2.75) is 31.6 Å². The van der Waals surface area contributed by atoms with Crippen LogP contribution in [0.5, 0.6) is 0 Å². The number of esters is 1. The van der Waals surface area contributed by atoms with Crippen LogP contribution in [0.15, 0.2) is 59.7 Å². The Hall–Kier alpha value is -3.35. The number of Topliss-reactive ketones (excluding diaryl/α,β-unsaturated/α-hetero) is 1. The molecule has 2 aliphatic heterocycles. The second kappa shape index (κ2) is 6.92. The van der Waals surface area contributed by atoms with E-state index >= 15 is 0 Å². The number of nitrogens with two attached hydrogens (primary N) is 1. The molecule has 0 radical (unpaired) electrons. The van der Waals surface area contributed by atoms with Crippen LogP contribution >= 0.6 is 0 Å². The lowest BCUT2D eigenvalue weighted by Gasteiger charge is -2.38. The molecule has 7 heteroatoms. The summed E-state index contributed by atoms with van der Waals surface area (Å²) in [6.45, 7) is 5.72. The van der Waals surface area contributed by atoms with Crippen LogP contribution in [0.2, 0.25) is 0 Å². The number of rotatable bonds is 4. The van der Waals surface area contributed by atoms with Crippen molar-refractivity contribution < 1.29 is 23.9 Å². The lowest BCUT2D eigenvalue weighted by atomic mass is 9.64. The number of ether oxygens (including phenoxy) is 2. The van der Waals surface area contributed by atoms with Crippen LogP contribution in [-0.4, -0.2) is 30.8 Å². The number of amides is 1. The zero-order valence-electron chi connectivity index (χ0n) is 16.2. The maximum atomic E-state index is 13.9. The number of ketones is 1. The topological polar surface area (TPSA) is 98.9 Å². The number of allylic oxidation sites excluding steroid dienone is 1. The van der Waals surface area contributed by atoms with Gasteiger partial charge in [0.05, 0.1) is 12.2 Å². The van der Waals surface area contributed by atoms with Gasteiger partial charge in [-0.1, -0.05) is 24.3 Å². The first kappa shape index (κ1) is 19.0. The molecule has 1 aromatic rings. The van der Waals surface area contributed by atoms with E-state index in [0.29, 0.717) is 29.9 Å². The van der Waals surface area contributed by atoms with Gasteiger partial charge in [-0.05, 0) is 19.4 Å². The zero-order valence-corrected chi connectivity index (χ0v) is 16.2. The third kappa shape index (κ3) is 2.46. The molecule has 0 saturated carbocycles. The van der Waals surface area contributed by atoms with Gasteiger partial charge in [-0.3, -0.25) is 9.59 Å². The van der Waals surface area contributed by atoms with E-state index in [2.05, 4.69) is 6.58 Å². The van der Waals surface area contributed by atoms with Crippen molar-refractivity contribution in [3.8, 4) is 0 Å². The number of fused-ring (bicyclic) bond motifs is 3. The minimum Gasteiger partial charge on any atom is -0.462 e. The first-order valence-electron chi connectivity index (χ1n) is 9.62. The lowest BCUT2D eigenvalue weighted by molar-refractivity contribution is -0.141. The van der Waals surface area contributed by atoms with Crippen molar-refractivity contribution in [2.75, 3.05) is 18.1 Å². The number of benzene rings is 1. The van der Waals surface area contributed by atoms with Gasteiger partial charge in [0.2, 0.25) is 11.8 Å². The summed E-state index contributed by atoms with van der Waals surface area (Å²) in [5.74, 6) is -1.24. The Labute approximate surface area is 168 Å². The van der Waals surface area contributed by atoms with E-state index in [1.54, 1.807) is 37.3 Å². The van der Waals surface area contributed by atoms with Gasteiger partial charge in [0, 0.05) is 30.6 Å². The predicted octanol–water partition coefficient (Wildman–Crippen LogP) is 2.23. The standard InChI is InChI=1S/C22H22N2O5/c1-3-12-24-14-9-6-5-8-13(14)22(21(24)27)17-15(25)10-7-11-16(17)29-19(23)18(22)20(26)28-4-2/h3,5-6,8-9H,1,4,7,10-12,23H2,2H3/t22-/m1/s1. The molecule has 4 rings (SSSR count). The van der Waals surface area contributed by atoms with E-state index in [1.165, 1.54) is 4.90 Å². The average molecular weight is 394 g/mol. The minimum atomic E-state index is -1.67. The zero-order chi connectivity index (χ0) is 20.8. The SMILES string of the molecule is C=CCN1C(=O)[C@]2(C(C(=O)OCC)=C(N)OC3=C2C(=O)CCC3)c2ccccc21. The molecule has 7 nitrogen and oxygen atoms in total. The highest BCUT2D eigenvalue weighted by atomic mass is 16.5. The van der Waals surface area contributed by atoms with Crippen molar-refractivity contribution in [2.24, 2.45) is 5.73 Å². The van der Waals surface area contributed by atoms with Crippen LogP contribution in [0.1, 0.15) is 31.7 Å². The molecule has 0 aromatic heterocycles. The van der Waals surface area contributed by atoms with E-state index < -0.39 is 17.3 Å². The number of nitrogens with zero attached hydrogens (tertiary/aromatic N) is 1. The van der Waals surface area contributed by atoms with Gasteiger partial charge in [0.25, 0.3) is 0 Å². The summed E-state index contributed by atoms with van der Waals surface area (Å²) in [5, 5.41) is 0. The minimum absolute atomic E-state index is 0.0950. The fraction of sp³-hybridized carbons (Fsp3) is 0.318. The van der Waals surface area contributed by atoms with Gasteiger partial charge in [0.1, 0.15) is 16.7 Å². The van der Waals surface area contributed by atoms with Crippen LogP contribution in [0.25, 0.3) is 0 Å². The monoisotopic (exact) mass is 394 g/mol. The van der Waals surface area contributed by atoms with Gasteiger partial charge < -0.3 is 20.1 Å². The van der Waals surface area contributed by atoms with E-state index in [1.807, 2.05) is 0 Å². The van der Waals surface area contributed by atoms with E-state index in [4.69, 9.17) is 15.2 Å². The summed E-state index contributed by atoms with van der Waals surface area (Å²) < 4.78 is 10.9. The summed E-state index contributed by atoms with van der Waals surface area (Å²) in [7, 11) is 0. The fourth-order valence-electron chi connectivity index (χ4n) is 4.53. The molecule has 150 valence electrons. The molecular weight excluding hydrogens is 372 g/mol. The largest absolute Gasteiger partial charge is 0.462 e. The molecule has 1 aromatic carbocycles. The number of anilines is 1. The highest BCUT2D eigenvalue weighted by molar-refractivity contribution is 6.23. The van der Waals surface area contributed by atoms with Crippen molar-refractivity contribution in [1.82, 2.24) is 0 Å². The summed E-state index contributed by atoms with van der Waals surface area (Å²) >= 11 is 0. The van der Waals surface area contributed by atoms with Crippen molar-refractivity contribution in [1.29, 1.82) is 0 Å². The maximum absolute atomic E-state index is 13.9. The maximum Gasteiger partial charge on any atom is 0.341 e. The Balaban J connectivity index is 2.09.